The van der Waals surface area contributed by atoms with E-state index < -0.39 is 5.82 Å². The van der Waals surface area contributed by atoms with Crippen LogP contribution in [0.4, 0.5) is 4.39 Å². The quantitative estimate of drug-likeness (QED) is 0.749. The van der Waals surface area contributed by atoms with Crippen LogP contribution in [0.2, 0.25) is 0 Å². The van der Waals surface area contributed by atoms with Crippen molar-refractivity contribution in [2.24, 2.45) is 5.73 Å². The number of benzene rings is 1. The molecule has 1 aromatic rings. The minimum absolute atomic E-state index is 0.336. The van der Waals surface area contributed by atoms with E-state index in [1.165, 1.54) is 6.07 Å². The third-order valence-corrected chi connectivity index (χ3v) is 2.32. The fraction of sp³-hybridized carbons (Fsp3) is 0.333. The average Bonchev–Trinajstić information content (AvgIpc) is 2.19. The zero-order chi connectivity index (χ0) is 11.4. The molecule has 1 rings (SSSR count). The molecule has 0 amide bonds. The van der Waals surface area contributed by atoms with Crippen molar-refractivity contribution in [1.82, 2.24) is 0 Å². The fourth-order valence-electron chi connectivity index (χ4n) is 1.50. The smallest absolute Gasteiger partial charge is 0.165 e. The Balaban J connectivity index is 2.96. The summed E-state index contributed by atoms with van der Waals surface area (Å²) >= 11 is 0. The Kier molecular flexibility index (Phi) is 3.86. The standard InChI is InChI=1S/C12H16FNO/c1-3-4-5-11(14)9-6-8(2)7-10(13)12(9)15/h3,6-7,11,15H,1,4-5,14H2,2H3/t11-/m0/s1. The molecule has 3 heteroatoms. The summed E-state index contributed by atoms with van der Waals surface area (Å²) in [4.78, 5) is 0. The first kappa shape index (κ1) is 11.7. The molecular weight excluding hydrogens is 193 g/mol. The van der Waals surface area contributed by atoms with Gasteiger partial charge in [-0.25, -0.2) is 4.39 Å². The van der Waals surface area contributed by atoms with Crippen molar-refractivity contribution < 1.29 is 9.50 Å². The number of rotatable bonds is 4. The maximum Gasteiger partial charge on any atom is 0.165 e. The Hall–Kier alpha value is -1.35. The van der Waals surface area contributed by atoms with Gasteiger partial charge >= 0.3 is 0 Å². The first-order chi connectivity index (χ1) is 7.06. The number of aromatic hydroxyl groups is 1. The number of hydrogen-bond acceptors (Lipinski definition) is 2. The second-order valence-corrected chi connectivity index (χ2v) is 3.66. The van der Waals surface area contributed by atoms with Gasteiger partial charge in [0.25, 0.3) is 0 Å². The second-order valence-electron chi connectivity index (χ2n) is 3.66. The Morgan fingerprint density at radius 2 is 2.27 bits per heavy atom. The van der Waals surface area contributed by atoms with Crippen LogP contribution in [0.25, 0.3) is 0 Å². The lowest BCUT2D eigenvalue weighted by atomic mass is 9.99. The van der Waals surface area contributed by atoms with E-state index in [0.29, 0.717) is 12.0 Å². The Bertz CT molecular complexity index is 363. The molecule has 1 aromatic carbocycles. The molecule has 0 aliphatic rings. The number of phenols is 1. The molecule has 82 valence electrons. The van der Waals surface area contributed by atoms with Gasteiger partial charge in [-0.15, -0.1) is 6.58 Å². The number of nitrogens with two attached hydrogens (primary N) is 1. The first-order valence-electron chi connectivity index (χ1n) is 4.91. The number of hydrogen-bond donors (Lipinski definition) is 2. The SMILES string of the molecule is C=CCC[C@H](N)c1cc(C)cc(F)c1O. The van der Waals surface area contributed by atoms with Crippen LogP contribution in [0.15, 0.2) is 24.8 Å². The van der Waals surface area contributed by atoms with E-state index in [4.69, 9.17) is 5.73 Å². The Morgan fingerprint density at radius 1 is 1.60 bits per heavy atom. The first-order valence-corrected chi connectivity index (χ1v) is 4.91. The van der Waals surface area contributed by atoms with Crippen LogP contribution >= 0.6 is 0 Å². The van der Waals surface area contributed by atoms with Crippen molar-refractivity contribution in [3.63, 3.8) is 0 Å². The van der Waals surface area contributed by atoms with Crippen molar-refractivity contribution in [2.75, 3.05) is 0 Å². The van der Waals surface area contributed by atoms with Crippen molar-refractivity contribution in [1.29, 1.82) is 0 Å². The van der Waals surface area contributed by atoms with Gasteiger partial charge in [-0.1, -0.05) is 12.1 Å². The number of aryl methyl sites for hydroxylation is 1. The molecule has 2 nitrogen and oxygen atoms in total. The van der Waals surface area contributed by atoms with Crippen LogP contribution in [0.3, 0.4) is 0 Å². The van der Waals surface area contributed by atoms with Gasteiger partial charge in [0, 0.05) is 11.6 Å². The van der Waals surface area contributed by atoms with Gasteiger partial charge < -0.3 is 10.8 Å². The molecule has 0 spiro atoms. The van der Waals surface area contributed by atoms with Crippen molar-refractivity contribution in [3.05, 3.63) is 41.7 Å². The lowest BCUT2D eigenvalue weighted by molar-refractivity contribution is 0.418. The number of halogens is 1. The molecule has 1 atom stereocenters. The molecule has 0 unspecified atom stereocenters. The van der Waals surface area contributed by atoms with E-state index >= 15 is 0 Å². The maximum atomic E-state index is 13.2. The highest BCUT2D eigenvalue weighted by Gasteiger charge is 2.14. The summed E-state index contributed by atoms with van der Waals surface area (Å²) in [5.74, 6) is -0.948. The van der Waals surface area contributed by atoms with Crippen molar-refractivity contribution >= 4 is 0 Å². The predicted octanol–water partition coefficient (Wildman–Crippen LogP) is 2.81. The highest BCUT2D eigenvalue weighted by atomic mass is 19.1. The van der Waals surface area contributed by atoms with Crippen LogP contribution in [-0.2, 0) is 0 Å². The summed E-state index contributed by atoms with van der Waals surface area (Å²) in [5, 5.41) is 9.51. The van der Waals surface area contributed by atoms with Crippen LogP contribution in [-0.4, -0.2) is 5.11 Å². The van der Waals surface area contributed by atoms with Gasteiger partial charge in [-0.05, 0) is 31.4 Å². The van der Waals surface area contributed by atoms with E-state index in [-0.39, 0.29) is 11.8 Å². The van der Waals surface area contributed by atoms with Gasteiger partial charge in [0.15, 0.2) is 11.6 Å². The van der Waals surface area contributed by atoms with E-state index in [1.54, 1.807) is 19.1 Å². The molecule has 0 aliphatic carbocycles. The zero-order valence-electron chi connectivity index (χ0n) is 8.83. The van der Waals surface area contributed by atoms with Gasteiger partial charge in [0.1, 0.15) is 0 Å². The molecule has 0 aromatic heterocycles. The van der Waals surface area contributed by atoms with E-state index in [9.17, 15) is 9.50 Å². The number of allylic oxidation sites excluding steroid dienone is 1. The van der Waals surface area contributed by atoms with Crippen LogP contribution in [0, 0.1) is 12.7 Å². The molecular formula is C12H16FNO. The molecule has 0 aliphatic heterocycles. The summed E-state index contributed by atoms with van der Waals surface area (Å²) < 4.78 is 13.2. The normalized spacial score (nSPS) is 12.5. The summed E-state index contributed by atoms with van der Waals surface area (Å²) in [6.07, 6.45) is 3.15. The summed E-state index contributed by atoms with van der Waals surface area (Å²) in [7, 11) is 0. The van der Waals surface area contributed by atoms with Gasteiger partial charge in [-0.3, -0.25) is 0 Å². The molecule has 0 bridgehead atoms. The van der Waals surface area contributed by atoms with Crippen LogP contribution in [0.5, 0.6) is 5.75 Å². The van der Waals surface area contributed by atoms with E-state index in [1.807, 2.05) is 0 Å². The minimum atomic E-state index is -0.612. The van der Waals surface area contributed by atoms with Crippen LogP contribution in [0.1, 0.15) is 30.0 Å². The highest BCUT2D eigenvalue weighted by molar-refractivity contribution is 5.39. The highest BCUT2D eigenvalue weighted by Crippen LogP contribution is 2.29. The summed E-state index contributed by atoms with van der Waals surface area (Å²) in [5.41, 5.74) is 7.07. The molecule has 0 saturated heterocycles. The largest absolute Gasteiger partial charge is 0.505 e. The van der Waals surface area contributed by atoms with Crippen LogP contribution < -0.4 is 5.73 Å². The zero-order valence-corrected chi connectivity index (χ0v) is 8.83. The fourth-order valence-corrected chi connectivity index (χ4v) is 1.50. The van der Waals surface area contributed by atoms with Gasteiger partial charge in [-0.2, -0.15) is 0 Å². The molecule has 0 heterocycles. The topological polar surface area (TPSA) is 46.2 Å². The second kappa shape index (κ2) is 4.94. The third kappa shape index (κ3) is 2.80. The Labute approximate surface area is 89.2 Å². The van der Waals surface area contributed by atoms with E-state index in [0.717, 1.165) is 12.0 Å². The molecule has 0 radical (unpaired) electrons. The van der Waals surface area contributed by atoms with Gasteiger partial charge in [0.05, 0.1) is 0 Å². The summed E-state index contributed by atoms with van der Waals surface area (Å²) in [6.45, 7) is 5.36. The maximum absolute atomic E-state index is 13.2. The molecule has 0 saturated carbocycles. The lowest BCUT2D eigenvalue weighted by Crippen LogP contribution is -2.10. The van der Waals surface area contributed by atoms with Crippen molar-refractivity contribution in [3.8, 4) is 5.75 Å². The van der Waals surface area contributed by atoms with Gasteiger partial charge in [0.2, 0.25) is 0 Å². The average molecular weight is 209 g/mol. The molecule has 15 heavy (non-hydrogen) atoms. The molecule has 0 fully saturated rings. The Morgan fingerprint density at radius 3 is 2.87 bits per heavy atom. The van der Waals surface area contributed by atoms with E-state index in [2.05, 4.69) is 6.58 Å². The third-order valence-electron chi connectivity index (χ3n) is 2.32. The lowest BCUT2D eigenvalue weighted by Gasteiger charge is -2.14. The number of phenolic OH excluding ortho intramolecular Hbond substituents is 1. The predicted molar refractivity (Wildman–Crippen MR) is 59.2 cm³/mol. The monoisotopic (exact) mass is 209 g/mol. The molecule has 3 N–H and O–H groups in total. The summed E-state index contributed by atoms with van der Waals surface area (Å²) in [6, 6.07) is 2.66. The van der Waals surface area contributed by atoms with Crippen molar-refractivity contribution in [2.45, 2.75) is 25.8 Å². The minimum Gasteiger partial charge on any atom is -0.505 e.